The third-order valence-corrected chi connectivity index (χ3v) is 4.00. The van der Waals surface area contributed by atoms with Gasteiger partial charge in [-0.2, -0.15) is 0 Å². The van der Waals surface area contributed by atoms with Gasteiger partial charge in [0.1, 0.15) is 0 Å². The van der Waals surface area contributed by atoms with Crippen molar-refractivity contribution in [2.75, 3.05) is 23.4 Å². The van der Waals surface area contributed by atoms with Crippen LogP contribution in [0.3, 0.4) is 0 Å². The minimum Gasteiger partial charge on any atom is -0.387 e. The van der Waals surface area contributed by atoms with Gasteiger partial charge in [0.15, 0.2) is 0 Å². The number of nitrogens with one attached hydrogen (secondary N) is 2. The molecule has 0 heterocycles. The molecule has 0 saturated heterocycles. The lowest BCUT2D eigenvalue weighted by Gasteiger charge is -2.12. The van der Waals surface area contributed by atoms with Crippen molar-refractivity contribution in [3.8, 4) is 0 Å². The minimum atomic E-state index is -0.119. The molecular weight excluding hydrogens is 280 g/mol. The van der Waals surface area contributed by atoms with E-state index < -0.39 is 0 Å². The van der Waals surface area contributed by atoms with Crippen LogP contribution in [0.5, 0.6) is 0 Å². The van der Waals surface area contributed by atoms with Crippen LogP contribution in [0, 0.1) is 0 Å². The predicted octanol–water partition coefficient (Wildman–Crippen LogP) is 4.26. The highest BCUT2D eigenvalue weighted by molar-refractivity contribution is 7.99. The molecule has 2 aromatic carbocycles. The molecule has 0 unspecified atom stereocenters. The molecular formula is C17H18N2OS. The number of benzene rings is 2. The first-order valence-corrected chi connectivity index (χ1v) is 7.65. The molecule has 0 atom stereocenters. The van der Waals surface area contributed by atoms with E-state index in [0.29, 0.717) is 5.56 Å². The smallest absolute Gasteiger partial charge is 0.257 e. The number of rotatable bonds is 6. The van der Waals surface area contributed by atoms with Crippen molar-refractivity contribution in [2.45, 2.75) is 4.90 Å². The Bertz CT molecular complexity index is 640. The van der Waals surface area contributed by atoms with Gasteiger partial charge in [0, 0.05) is 23.4 Å². The topological polar surface area (TPSA) is 41.1 Å². The third-order valence-electron chi connectivity index (χ3n) is 2.93. The molecule has 2 rings (SSSR count). The zero-order valence-corrected chi connectivity index (χ0v) is 12.7. The van der Waals surface area contributed by atoms with Gasteiger partial charge in [-0.05, 0) is 24.3 Å². The lowest BCUT2D eigenvalue weighted by atomic mass is 10.1. The summed E-state index contributed by atoms with van der Waals surface area (Å²) in [4.78, 5) is 13.5. The lowest BCUT2D eigenvalue weighted by Crippen LogP contribution is -2.14. The van der Waals surface area contributed by atoms with Gasteiger partial charge < -0.3 is 10.6 Å². The maximum absolute atomic E-state index is 12.4. The first kappa shape index (κ1) is 15.2. The molecule has 2 aromatic rings. The summed E-state index contributed by atoms with van der Waals surface area (Å²) in [6.45, 7) is 3.72. The third kappa shape index (κ3) is 3.89. The molecule has 0 aliphatic carbocycles. The summed E-state index contributed by atoms with van der Waals surface area (Å²) in [6, 6.07) is 15.2. The molecule has 4 heteroatoms. The van der Waals surface area contributed by atoms with Crippen LogP contribution in [0.2, 0.25) is 0 Å². The molecule has 0 aromatic heterocycles. The molecule has 3 nitrogen and oxygen atoms in total. The molecule has 1 amide bonds. The largest absolute Gasteiger partial charge is 0.387 e. The van der Waals surface area contributed by atoms with Crippen LogP contribution in [0.25, 0.3) is 0 Å². The SMILES string of the molecule is C=CCSc1ccccc1NC(=O)c1ccccc1NC. The number of amides is 1. The summed E-state index contributed by atoms with van der Waals surface area (Å²) >= 11 is 1.65. The van der Waals surface area contributed by atoms with Gasteiger partial charge in [-0.25, -0.2) is 0 Å². The quantitative estimate of drug-likeness (QED) is 0.618. The summed E-state index contributed by atoms with van der Waals surface area (Å²) in [7, 11) is 1.81. The molecule has 0 saturated carbocycles. The molecule has 0 aliphatic rings. The van der Waals surface area contributed by atoms with Gasteiger partial charge in [-0.1, -0.05) is 30.3 Å². The van der Waals surface area contributed by atoms with Gasteiger partial charge in [0.25, 0.3) is 5.91 Å². The number of anilines is 2. The van der Waals surface area contributed by atoms with Gasteiger partial charge in [-0.3, -0.25) is 4.79 Å². The van der Waals surface area contributed by atoms with E-state index in [1.54, 1.807) is 24.9 Å². The summed E-state index contributed by atoms with van der Waals surface area (Å²) in [5, 5.41) is 6.01. The second-order valence-corrected chi connectivity index (χ2v) is 5.41. The van der Waals surface area contributed by atoms with Crippen LogP contribution in [0.1, 0.15) is 10.4 Å². The molecule has 21 heavy (non-hydrogen) atoms. The van der Waals surface area contributed by atoms with E-state index in [9.17, 15) is 4.79 Å². The van der Waals surface area contributed by atoms with Gasteiger partial charge >= 0.3 is 0 Å². The number of carbonyl (C=O) groups excluding carboxylic acids is 1. The molecule has 0 spiro atoms. The van der Waals surface area contributed by atoms with Crippen LogP contribution in [0.15, 0.2) is 66.1 Å². The second kappa shape index (κ2) is 7.55. The number of carbonyl (C=O) groups is 1. The van der Waals surface area contributed by atoms with Gasteiger partial charge in [0.2, 0.25) is 0 Å². The monoisotopic (exact) mass is 298 g/mol. The number of hydrogen-bond donors (Lipinski definition) is 2. The Balaban J connectivity index is 2.21. The summed E-state index contributed by atoms with van der Waals surface area (Å²) in [5.41, 5.74) is 2.26. The normalized spacial score (nSPS) is 9.95. The molecule has 0 radical (unpaired) electrons. The van der Waals surface area contributed by atoms with E-state index in [1.807, 2.05) is 48.5 Å². The van der Waals surface area contributed by atoms with E-state index in [4.69, 9.17) is 0 Å². The molecule has 108 valence electrons. The van der Waals surface area contributed by atoms with Crippen LogP contribution in [-0.4, -0.2) is 18.7 Å². The zero-order chi connectivity index (χ0) is 15.1. The molecule has 2 N–H and O–H groups in total. The Labute approximate surface area is 129 Å². The fourth-order valence-electron chi connectivity index (χ4n) is 1.93. The highest BCUT2D eigenvalue weighted by atomic mass is 32.2. The van der Waals surface area contributed by atoms with E-state index >= 15 is 0 Å². The van der Waals surface area contributed by atoms with Crippen molar-refractivity contribution in [2.24, 2.45) is 0 Å². The van der Waals surface area contributed by atoms with Crippen LogP contribution in [0.4, 0.5) is 11.4 Å². The second-order valence-electron chi connectivity index (χ2n) is 4.35. The van der Waals surface area contributed by atoms with Gasteiger partial charge in [0.05, 0.1) is 11.3 Å². The average Bonchev–Trinajstić information content (AvgIpc) is 2.54. The zero-order valence-electron chi connectivity index (χ0n) is 11.9. The highest BCUT2D eigenvalue weighted by Gasteiger charge is 2.12. The van der Waals surface area contributed by atoms with Crippen molar-refractivity contribution in [3.05, 3.63) is 66.7 Å². The standard InChI is InChI=1S/C17H18N2OS/c1-3-12-21-16-11-7-6-10-15(16)19-17(20)13-8-4-5-9-14(13)18-2/h3-11,18H,1,12H2,2H3,(H,19,20). The van der Waals surface area contributed by atoms with Crippen LogP contribution < -0.4 is 10.6 Å². The van der Waals surface area contributed by atoms with Crippen LogP contribution >= 0.6 is 11.8 Å². The number of thioether (sulfide) groups is 1. The van der Waals surface area contributed by atoms with Crippen molar-refractivity contribution in [1.29, 1.82) is 0 Å². The molecule has 0 fully saturated rings. The first-order valence-electron chi connectivity index (χ1n) is 6.67. The fourth-order valence-corrected chi connectivity index (χ4v) is 2.68. The fraction of sp³-hybridized carbons (Fsp3) is 0.118. The van der Waals surface area contributed by atoms with Crippen molar-refractivity contribution in [1.82, 2.24) is 0 Å². The Kier molecular flexibility index (Phi) is 5.46. The van der Waals surface area contributed by atoms with Crippen molar-refractivity contribution < 1.29 is 4.79 Å². The predicted molar refractivity (Wildman–Crippen MR) is 91.3 cm³/mol. The van der Waals surface area contributed by atoms with E-state index in [0.717, 1.165) is 22.0 Å². The molecule has 0 bridgehead atoms. The Morgan fingerprint density at radius 1 is 1.14 bits per heavy atom. The number of hydrogen-bond acceptors (Lipinski definition) is 3. The summed E-state index contributed by atoms with van der Waals surface area (Å²) < 4.78 is 0. The first-order chi connectivity index (χ1) is 10.3. The molecule has 0 aliphatic heterocycles. The average molecular weight is 298 g/mol. The highest BCUT2D eigenvalue weighted by Crippen LogP contribution is 2.28. The maximum Gasteiger partial charge on any atom is 0.257 e. The Hall–Kier alpha value is -2.20. The van der Waals surface area contributed by atoms with E-state index in [-0.39, 0.29) is 5.91 Å². The Morgan fingerprint density at radius 2 is 1.81 bits per heavy atom. The van der Waals surface area contributed by atoms with Crippen molar-refractivity contribution in [3.63, 3.8) is 0 Å². The van der Waals surface area contributed by atoms with Crippen molar-refractivity contribution >= 4 is 29.0 Å². The summed E-state index contributed by atoms with van der Waals surface area (Å²) in [5.74, 6) is 0.687. The minimum absolute atomic E-state index is 0.119. The van der Waals surface area contributed by atoms with E-state index in [2.05, 4.69) is 17.2 Å². The lowest BCUT2D eigenvalue weighted by molar-refractivity contribution is 0.102. The van der Waals surface area contributed by atoms with E-state index in [1.165, 1.54) is 0 Å². The van der Waals surface area contributed by atoms with Crippen LogP contribution in [-0.2, 0) is 0 Å². The Morgan fingerprint density at radius 3 is 2.52 bits per heavy atom. The maximum atomic E-state index is 12.4. The summed E-state index contributed by atoms with van der Waals surface area (Å²) in [6.07, 6.45) is 1.85. The number of para-hydroxylation sites is 2. The van der Waals surface area contributed by atoms with Gasteiger partial charge in [-0.15, -0.1) is 18.3 Å².